The Bertz CT molecular complexity index is 732. The molecule has 1 aliphatic heterocycles. The van der Waals surface area contributed by atoms with Crippen LogP contribution in [0, 0.1) is 0 Å². The Kier molecular flexibility index (Phi) is 10.0. The number of anilines is 1. The number of nitrogens with one attached hydrogen (secondary N) is 2. The maximum atomic E-state index is 10.4. The van der Waals surface area contributed by atoms with Gasteiger partial charge in [-0.25, -0.2) is 0 Å². The summed E-state index contributed by atoms with van der Waals surface area (Å²) in [5, 5.41) is 20.7. The van der Waals surface area contributed by atoms with Crippen LogP contribution in [0.1, 0.15) is 31.4 Å². The molecule has 1 aromatic heterocycles. The second kappa shape index (κ2) is 12.2. The van der Waals surface area contributed by atoms with Crippen LogP contribution in [0.2, 0.25) is 0 Å². The number of hydrogen-bond acceptors (Lipinski definition) is 5. The maximum absolute atomic E-state index is 10.4. The van der Waals surface area contributed by atoms with Gasteiger partial charge in [0.05, 0.1) is 24.8 Å². The molecule has 0 radical (unpaired) electrons. The van der Waals surface area contributed by atoms with Crippen molar-refractivity contribution in [2.75, 3.05) is 38.2 Å². The highest BCUT2D eigenvalue weighted by atomic mass is 127. The molecule has 1 atom stereocenters. The summed E-state index contributed by atoms with van der Waals surface area (Å²) in [5.74, 6) is 1.55. The zero-order valence-electron chi connectivity index (χ0n) is 17.0. The monoisotopic (exact) mass is 530 g/mol. The Labute approximate surface area is 194 Å². The molecule has 1 aliphatic rings. The van der Waals surface area contributed by atoms with Crippen molar-refractivity contribution >= 4 is 46.3 Å². The molecule has 0 aliphatic carbocycles. The molecule has 0 bridgehead atoms. The van der Waals surface area contributed by atoms with Crippen molar-refractivity contribution in [3.05, 3.63) is 47.3 Å². The van der Waals surface area contributed by atoms with Gasteiger partial charge >= 0.3 is 0 Å². The number of methoxy groups -OCH3 is 1. The zero-order chi connectivity index (χ0) is 19.8. The Hall–Kier alpha value is -1.52. The molecule has 2 aromatic rings. The number of benzene rings is 1. The molecule has 3 rings (SSSR count). The third kappa shape index (κ3) is 7.04. The molecular weight excluding hydrogens is 499 g/mol. The minimum atomic E-state index is -0.637. The van der Waals surface area contributed by atoms with Gasteiger partial charge in [0.1, 0.15) is 5.75 Å². The van der Waals surface area contributed by atoms with E-state index in [9.17, 15) is 5.11 Å². The lowest BCUT2D eigenvalue weighted by Gasteiger charge is -2.33. The minimum Gasteiger partial charge on any atom is -0.497 e. The molecular formula is C21H31IN4O2S. The van der Waals surface area contributed by atoms with Gasteiger partial charge in [0.2, 0.25) is 0 Å². The van der Waals surface area contributed by atoms with Gasteiger partial charge in [0.15, 0.2) is 5.96 Å². The summed E-state index contributed by atoms with van der Waals surface area (Å²) in [7, 11) is 1.63. The lowest BCUT2D eigenvalue weighted by molar-refractivity contribution is 0.187. The van der Waals surface area contributed by atoms with E-state index in [4.69, 9.17) is 4.74 Å². The number of thiophene rings is 1. The number of guanidine groups is 1. The van der Waals surface area contributed by atoms with Crippen LogP contribution in [-0.2, 0) is 0 Å². The summed E-state index contributed by atoms with van der Waals surface area (Å²) < 4.78 is 5.16. The van der Waals surface area contributed by atoms with Crippen LogP contribution < -0.4 is 20.3 Å². The van der Waals surface area contributed by atoms with Gasteiger partial charge in [-0.15, -0.1) is 35.3 Å². The number of piperidine rings is 1. The number of nitrogens with zero attached hydrogens (tertiary/aromatic N) is 2. The first kappa shape index (κ1) is 23.8. The predicted molar refractivity (Wildman–Crippen MR) is 132 cm³/mol. The Morgan fingerprint density at radius 3 is 2.59 bits per heavy atom. The molecule has 160 valence electrons. The average Bonchev–Trinajstić information content (AvgIpc) is 3.27. The van der Waals surface area contributed by atoms with E-state index in [-0.39, 0.29) is 24.0 Å². The molecule has 0 amide bonds. The smallest absolute Gasteiger partial charge is 0.191 e. The van der Waals surface area contributed by atoms with Crippen LogP contribution in [0.3, 0.4) is 0 Å². The van der Waals surface area contributed by atoms with Crippen molar-refractivity contribution in [2.24, 2.45) is 4.99 Å². The first-order valence-electron chi connectivity index (χ1n) is 9.85. The van der Waals surface area contributed by atoms with E-state index >= 15 is 0 Å². The first-order valence-corrected chi connectivity index (χ1v) is 10.7. The fraction of sp³-hybridized carbons (Fsp3) is 0.476. The van der Waals surface area contributed by atoms with Crippen LogP contribution in [0.5, 0.6) is 5.75 Å². The molecule has 1 fully saturated rings. The van der Waals surface area contributed by atoms with E-state index < -0.39 is 6.10 Å². The van der Waals surface area contributed by atoms with Gasteiger partial charge in [-0.1, -0.05) is 12.1 Å². The molecule has 8 heteroatoms. The molecule has 6 nitrogen and oxygen atoms in total. The van der Waals surface area contributed by atoms with E-state index in [2.05, 4.69) is 45.0 Å². The van der Waals surface area contributed by atoms with E-state index in [0.29, 0.717) is 12.6 Å². The van der Waals surface area contributed by atoms with E-state index in [1.807, 2.05) is 24.3 Å². The summed E-state index contributed by atoms with van der Waals surface area (Å²) in [5.41, 5.74) is 0.838. The zero-order valence-corrected chi connectivity index (χ0v) is 20.2. The molecule has 29 heavy (non-hydrogen) atoms. The SMILES string of the molecule is CCNC(=NCC(O)c1ccc(OC)cc1)NC1CCN(c2cccs2)CC1.I. The van der Waals surface area contributed by atoms with Crippen LogP contribution in [0.25, 0.3) is 0 Å². The third-order valence-electron chi connectivity index (χ3n) is 4.92. The molecule has 1 unspecified atom stereocenters. The highest BCUT2D eigenvalue weighted by Crippen LogP contribution is 2.24. The van der Waals surface area contributed by atoms with Crippen molar-refractivity contribution < 1.29 is 9.84 Å². The van der Waals surface area contributed by atoms with Crippen molar-refractivity contribution in [3.63, 3.8) is 0 Å². The van der Waals surface area contributed by atoms with Crippen molar-refractivity contribution in [1.82, 2.24) is 10.6 Å². The maximum Gasteiger partial charge on any atom is 0.191 e. The van der Waals surface area contributed by atoms with Gasteiger partial charge in [0, 0.05) is 25.7 Å². The number of ether oxygens (including phenoxy) is 1. The van der Waals surface area contributed by atoms with Crippen LogP contribution in [-0.4, -0.2) is 50.4 Å². The van der Waals surface area contributed by atoms with Gasteiger partial charge in [-0.05, 0) is 55.0 Å². The van der Waals surface area contributed by atoms with Crippen molar-refractivity contribution in [3.8, 4) is 5.75 Å². The van der Waals surface area contributed by atoms with Crippen LogP contribution in [0.4, 0.5) is 5.00 Å². The Morgan fingerprint density at radius 1 is 1.28 bits per heavy atom. The quantitative estimate of drug-likeness (QED) is 0.290. The van der Waals surface area contributed by atoms with Crippen molar-refractivity contribution in [2.45, 2.75) is 31.9 Å². The van der Waals surface area contributed by atoms with Crippen molar-refractivity contribution in [1.29, 1.82) is 0 Å². The summed E-state index contributed by atoms with van der Waals surface area (Å²) in [6, 6.07) is 12.1. The first-order chi connectivity index (χ1) is 13.7. The molecule has 0 saturated carbocycles. The summed E-state index contributed by atoms with van der Waals surface area (Å²) >= 11 is 1.80. The van der Waals surface area contributed by atoms with E-state index in [0.717, 1.165) is 49.7 Å². The van der Waals surface area contributed by atoms with Crippen LogP contribution in [0.15, 0.2) is 46.8 Å². The lowest BCUT2D eigenvalue weighted by atomic mass is 10.1. The largest absolute Gasteiger partial charge is 0.497 e. The van der Waals surface area contributed by atoms with Gasteiger partial charge < -0.3 is 25.4 Å². The number of rotatable bonds is 7. The fourth-order valence-electron chi connectivity index (χ4n) is 3.32. The molecule has 1 saturated heterocycles. The van der Waals surface area contributed by atoms with E-state index in [1.54, 1.807) is 18.4 Å². The number of aliphatic hydroxyl groups is 1. The number of aliphatic hydroxyl groups excluding tert-OH is 1. The highest BCUT2D eigenvalue weighted by molar-refractivity contribution is 14.0. The van der Waals surface area contributed by atoms with Crippen LogP contribution >= 0.6 is 35.3 Å². The predicted octanol–water partition coefficient (Wildman–Crippen LogP) is 3.63. The molecule has 2 heterocycles. The van der Waals surface area contributed by atoms with Gasteiger partial charge in [-0.2, -0.15) is 0 Å². The minimum absolute atomic E-state index is 0. The number of halogens is 1. The Balaban J connectivity index is 0.00000300. The summed E-state index contributed by atoms with van der Waals surface area (Å²) in [6.45, 7) is 5.25. The fourth-order valence-corrected chi connectivity index (χ4v) is 4.10. The number of aliphatic imine (C=N–C) groups is 1. The molecule has 0 spiro atoms. The average molecular weight is 530 g/mol. The molecule has 3 N–H and O–H groups in total. The Morgan fingerprint density at radius 2 is 2.00 bits per heavy atom. The lowest BCUT2D eigenvalue weighted by Crippen LogP contribution is -2.48. The van der Waals surface area contributed by atoms with Gasteiger partial charge in [-0.3, -0.25) is 4.99 Å². The topological polar surface area (TPSA) is 69.1 Å². The summed E-state index contributed by atoms with van der Waals surface area (Å²) in [4.78, 5) is 7.04. The third-order valence-corrected chi connectivity index (χ3v) is 5.85. The highest BCUT2D eigenvalue weighted by Gasteiger charge is 2.20. The van der Waals surface area contributed by atoms with E-state index in [1.165, 1.54) is 5.00 Å². The summed E-state index contributed by atoms with van der Waals surface area (Å²) in [6.07, 6.45) is 1.51. The normalized spacial score (nSPS) is 16.1. The second-order valence-corrected chi connectivity index (χ2v) is 7.79. The number of hydrogen-bond donors (Lipinski definition) is 3. The van der Waals surface area contributed by atoms with Gasteiger partial charge in [0.25, 0.3) is 0 Å². The standard InChI is InChI=1S/C21H30N4O2S.HI/c1-3-22-21(23-15-19(26)16-6-8-18(27-2)9-7-16)24-17-10-12-25(13-11-17)20-5-4-14-28-20;/h4-9,14,17,19,26H,3,10-13,15H2,1-2H3,(H2,22,23,24);1H. The molecule has 1 aromatic carbocycles. The second-order valence-electron chi connectivity index (χ2n) is 6.87.